The second kappa shape index (κ2) is 6.44. The lowest BCUT2D eigenvalue weighted by Crippen LogP contribution is -2.42. The van der Waals surface area contributed by atoms with Crippen LogP contribution in [0.3, 0.4) is 0 Å². The number of halogens is 1. The molecule has 0 radical (unpaired) electrons. The number of anilines is 1. The summed E-state index contributed by atoms with van der Waals surface area (Å²) in [5, 5.41) is 11.2. The number of methoxy groups -OCH3 is 1. The summed E-state index contributed by atoms with van der Waals surface area (Å²) in [6, 6.07) is 1.85. The van der Waals surface area contributed by atoms with Gasteiger partial charge in [0.15, 0.2) is 5.82 Å². The molecule has 0 N–H and O–H groups in total. The van der Waals surface area contributed by atoms with Gasteiger partial charge in [-0.25, -0.2) is 0 Å². The van der Waals surface area contributed by atoms with E-state index in [4.69, 9.17) is 16.3 Å². The monoisotopic (exact) mass is 314 g/mol. The number of pyridine rings is 1. The maximum Gasteiger partial charge on any atom is 0.332 e. The highest BCUT2D eigenvalue weighted by Crippen LogP contribution is 2.35. The van der Waals surface area contributed by atoms with Crippen LogP contribution in [0.25, 0.3) is 0 Å². The minimum Gasteiger partial charge on any atom is -0.476 e. The third-order valence-corrected chi connectivity index (χ3v) is 4.07. The average Bonchev–Trinajstić information content (AvgIpc) is 2.47. The molecule has 0 saturated carbocycles. The summed E-state index contributed by atoms with van der Waals surface area (Å²) in [6.45, 7) is 1.63. The summed E-state index contributed by atoms with van der Waals surface area (Å²) in [5.41, 5.74) is -0.213. The number of nitrogens with zero attached hydrogens (tertiary/aromatic N) is 4. The first-order valence-corrected chi connectivity index (χ1v) is 7.12. The van der Waals surface area contributed by atoms with Crippen molar-refractivity contribution in [1.29, 1.82) is 0 Å². The van der Waals surface area contributed by atoms with Gasteiger partial charge in [-0.3, -0.25) is 10.1 Å². The molecular weight excluding hydrogens is 296 g/mol. The lowest BCUT2D eigenvalue weighted by molar-refractivity contribution is -0.386. The van der Waals surface area contributed by atoms with Crippen molar-refractivity contribution in [1.82, 2.24) is 9.88 Å². The van der Waals surface area contributed by atoms with Crippen molar-refractivity contribution >= 4 is 23.1 Å². The molecule has 1 aliphatic rings. The first-order valence-electron chi connectivity index (χ1n) is 6.74. The van der Waals surface area contributed by atoms with Gasteiger partial charge >= 0.3 is 5.69 Å². The van der Waals surface area contributed by atoms with Crippen LogP contribution in [0, 0.1) is 10.1 Å². The third-order valence-electron chi connectivity index (χ3n) is 3.79. The molecular formula is C13H19ClN4O3. The molecule has 0 aliphatic carbocycles. The van der Waals surface area contributed by atoms with Crippen molar-refractivity contribution in [3.63, 3.8) is 0 Å². The highest BCUT2D eigenvalue weighted by atomic mass is 35.5. The number of hydrogen-bond donors (Lipinski definition) is 0. The van der Waals surface area contributed by atoms with Crippen LogP contribution < -0.4 is 9.64 Å². The number of aromatic nitrogens is 1. The van der Waals surface area contributed by atoms with Gasteiger partial charge < -0.3 is 14.5 Å². The maximum atomic E-state index is 10.9. The molecule has 8 heteroatoms. The van der Waals surface area contributed by atoms with Gasteiger partial charge in [0, 0.05) is 25.2 Å². The number of rotatable bonds is 4. The molecule has 2 rings (SSSR count). The SMILES string of the molecule is COc1nc(N2CCC(N(C)C)CC2)c(Cl)cc1[N+](=O)[O-]. The molecule has 0 bridgehead atoms. The second-order valence-corrected chi connectivity index (χ2v) is 5.67. The van der Waals surface area contributed by atoms with Crippen LogP contribution in [0.1, 0.15) is 12.8 Å². The molecule has 0 aromatic carbocycles. The number of nitro groups is 1. The lowest BCUT2D eigenvalue weighted by Gasteiger charge is -2.36. The molecule has 1 saturated heterocycles. The fourth-order valence-corrected chi connectivity index (χ4v) is 2.82. The summed E-state index contributed by atoms with van der Waals surface area (Å²) in [4.78, 5) is 18.9. The van der Waals surface area contributed by atoms with E-state index in [9.17, 15) is 10.1 Å². The number of hydrogen-bond acceptors (Lipinski definition) is 6. The van der Waals surface area contributed by atoms with E-state index in [-0.39, 0.29) is 16.6 Å². The summed E-state index contributed by atoms with van der Waals surface area (Å²) in [5.74, 6) is 0.547. The Kier molecular flexibility index (Phi) is 4.84. The number of ether oxygens (including phenoxy) is 1. The van der Waals surface area contributed by atoms with E-state index < -0.39 is 4.92 Å². The predicted molar refractivity (Wildman–Crippen MR) is 81.4 cm³/mol. The van der Waals surface area contributed by atoms with Crippen molar-refractivity contribution in [2.75, 3.05) is 39.2 Å². The van der Waals surface area contributed by atoms with Crippen LogP contribution in [-0.4, -0.2) is 55.1 Å². The molecule has 1 aromatic heterocycles. The highest BCUT2D eigenvalue weighted by Gasteiger charge is 2.26. The summed E-state index contributed by atoms with van der Waals surface area (Å²) in [6.07, 6.45) is 2.01. The van der Waals surface area contributed by atoms with E-state index in [1.54, 1.807) is 0 Å². The van der Waals surface area contributed by atoms with Crippen molar-refractivity contribution in [2.45, 2.75) is 18.9 Å². The van der Waals surface area contributed by atoms with E-state index in [1.165, 1.54) is 13.2 Å². The van der Waals surface area contributed by atoms with Crippen LogP contribution in [0.15, 0.2) is 6.07 Å². The van der Waals surface area contributed by atoms with E-state index in [2.05, 4.69) is 28.9 Å². The molecule has 0 spiro atoms. The molecule has 21 heavy (non-hydrogen) atoms. The lowest BCUT2D eigenvalue weighted by atomic mass is 10.0. The quantitative estimate of drug-likeness (QED) is 0.626. The zero-order chi connectivity index (χ0) is 15.6. The summed E-state index contributed by atoms with van der Waals surface area (Å²) in [7, 11) is 5.51. The van der Waals surface area contributed by atoms with Gasteiger partial charge in [-0.05, 0) is 26.9 Å². The van der Waals surface area contributed by atoms with E-state index in [0.29, 0.717) is 11.9 Å². The Morgan fingerprint density at radius 3 is 2.57 bits per heavy atom. The summed E-state index contributed by atoms with van der Waals surface area (Å²) < 4.78 is 5.01. The molecule has 0 unspecified atom stereocenters. The Bertz CT molecular complexity index is 530. The second-order valence-electron chi connectivity index (χ2n) is 5.26. The Labute approximate surface area is 128 Å². The van der Waals surface area contributed by atoms with Crippen molar-refractivity contribution in [3.05, 3.63) is 21.2 Å². The summed E-state index contributed by atoms with van der Waals surface area (Å²) >= 11 is 6.16. The van der Waals surface area contributed by atoms with Gasteiger partial charge in [0.05, 0.1) is 17.1 Å². The Hall–Kier alpha value is -1.60. The zero-order valence-corrected chi connectivity index (χ0v) is 13.1. The molecule has 1 aromatic rings. The van der Waals surface area contributed by atoms with Crippen LogP contribution in [0.4, 0.5) is 11.5 Å². The van der Waals surface area contributed by atoms with Gasteiger partial charge in [-0.2, -0.15) is 4.98 Å². The largest absolute Gasteiger partial charge is 0.476 e. The topological polar surface area (TPSA) is 71.7 Å². The minimum atomic E-state index is -0.542. The van der Waals surface area contributed by atoms with Crippen LogP contribution in [-0.2, 0) is 0 Å². The standard InChI is InChI=1S/C13H19ClN4O3/c1-16(2)9-4-6-17(7-5-9)12-10(14)8-11(18(19)20)13(15-12)21-3/h8-9H,4-7H2,1-3H3. The smallest absolute Gasteiger partial charge is 0.332 e. The first-order chi connectivity index (χ1) is 9.93. The molecule has 7 nitrogen and oxygen atoms in total. The van der Waals surface area contributed by atoms with Crippen LogP contribution in [0.2, 0.25) is 5.02 Å². The first kappa shape index (κ1) is 15.8. The van der Waals surface area contributed by atoms with Gasteiger partial charge in [0.2, 0.25) is 0 Å². The normalized spacial score (nSPS) is 16.3. The van der Waals surface area contributed by atoms with E-state index in [1.807, 2.05) is 0 Å². The Balaban J connectivity index is 2.23. The van der Waals surface area contributed by atoms with Crippen LogP contribution in [0.5, 0.6) is 5.88 Å². The van der Waals surface area contributed by atoms with E-state index >= 15 is 0 Å². The van der Waals surface area contributed by atoms with Gasteiger partial charge in [-0.15, -0.1) is 0 Å². The number of piperidine rings is 1. The van der Waals surface area contributed by atoms with E-state index in [0.717, 1.165) is 25.9 Å². The highest BCUT2D eigenvalue weighted by molar-refractivity contribution is 6.33. The molecule has 1 fully saturated rings. The third kappa shape index (κ3) is 3.36. The fraction of sp³-hybridized carbons (Fsp3) is 0.615. The average molecular weight is 315 g/mol. The Morgan fingerprint density at radius 2 is 2.10 bits per heavy atom. The molecule has 1 aliphatic heterocycles. The molecule has 116 valence electrons. The minimum absolute atomic E-state index is 0.00543. The molecule has 0 atom stereocenters. The van der Waals surface area contributed by atoms with Crippen molar-refractivity contribution < 1.29 is 9.66 Å². The van der Waals surface area contributed by atoms with Gasteiger partial charge in [-0.1, -0.05) is 11.6 Å². The fourth-order valence-electron chi connectivity index (χ4n) is 2.55. The van der Waals surface area contributed by atoms with Crippen LogP contribution >= 0.6 is 11.6 Å². The van der Waals surface area contributed by atoms with Crippen molar-refractivity contribution in [3.8, 4) is 5.88 Å². The Morgan fingerprint density at radius 1 is 1.48 bits per heavy atom. The van der Waals surface area contributed by atoms with Gasteiger partial charge in [0.1, 0.15) is 0 Å². The van der Waals surface area contributed by atoms with Crippen molar-refractivity contribution in [2.24, 2.45) is 0 Å². The zero-order valence-electron chi connectivity index (χ0n) is 12.4. The molecule has 0 amide bonds. The predicted octanol–water partition coefficient (Wildman–Crippen LogP) is 2.18. The maximum absolute atomic E-state index is 10.9. The van der Waals surface area contributed by atoms with Gasteiger partial charge in [0.25, 0.3) is 5.88 Å². The molecule has 2 heterocycles.